The van der Waals surface area contributed by atoms with Crippen LogP contribution in [0.1, 0.15) is 29.7 Å². The van der Waals surface area contributed by atoms with Gasteiger partial charge in [0, 0.05) is 37.8 Å². The summed E-state index contributed by atoms with van der Waals surface area (Å²) < 4.78 is 24.6. The number of sulfonamides is 1. The lowest BCUT2D eigenvalue weighted by Crippen LogP contribution is -2.43. The van der Waals surface area contributed by atoms with Gasteiger partial charge in [0.15, 0.2) is 5.96 Å². The molecule has 1 aromatic rings. The summed E-state index contributed by atoms with van der Waals surface area (Å²) in [6.45, 7) is 4.80. The summed E-state index contributed by atoms with van der Waals surface area (Å²) in [6.07, 6.45) is 5.97. The van der Waals surface area contributed by atoms with Crippen molar-refractivity contribution in [1.82, 2.24) is 19.9 Å². The number of aliphatic imine (C=N–C) groups is 1. The Kier molecular flexibility index (Phi) is 9.60. The molecular weight excluding hydrogens is 473 g/mol. The molecule has 0 atom stereocenters. The van der Waals surface area contributed by atoms with Crippen LogP contribution in [0.25, 0.3) is 0 Å². The van der Waals surface area contributed by atoms with E-state index in [1.54, 1.807) is 22.7 Å². The molecule has 2 heterocycles. The number of piperidine rings is 1. The van der Waals surface area contributed by atoms with Crippen molar-refractivity contribution in [3.05, 3.63) is 16.1 Å². The van der Waals surface area contributed by atoms with Crippen LogP contribution in [0.4, 0.5) is 0 Å². The Balaban J connectivity index is 0.00000312. The minimum atomic E-state index is -3.05. The van der Waals surface area contributed by atoms with Gasteiger partial charge in [0.25, 0.3) is 0 Å². The molecule has 0 aliphatic carbocycles. The summed E-state index contributed by atoms with van der Waals surface area (Å²) in [5, 5.41) is 7.66. The number of hydrogen-bond donors (Lipinski definition) is 2. The number of nitrogens with one attached hydrogen (secondary N) is 2. The first-order chi connectivity index (χ1) is 11.4. The van der Waals surface area contributed by atoms with Crippen molar-refractivity contribution < 1.29 is 8.42 Å². The standard InChI is InChI=1S/C15H27N5O2S2.HI/c1-4-13-10-17-14(23-13)11-19-15(16-2)18-9-12-5-7-20(8-6-12)24(3,21)22;/h10,12H,4-9,11H2,1-3H3,(H2,16,18,19);1H. The van der Waals surface area contributed by atoms with Gasteiger partial charge in [0.2, 0.25) is 10.0 Å². The highest BCUT2D eigenvalue weighted by atomic mass is 127. The quantitative estimate of drug-likeness (QED) is 0.352. The third-order valence-electron chi connectivity index (χ3n) is 4.18. The summed E-state index contributed by atoms with van der Waals surface area (Å²) in [6, 6.07) is 0. The van der Waals surface area contributed by atoms with Crippen molar-refractivity contribution in [1.29, 1.82) is 0 Å². The van der Waals surface area contributed by atoms with Crippen molar-refractivity contribution in [2.24, 2.45) is 10.9 Å². The number of halogens is 1. The molecule has 0 unspecified atom stereocenters. The lowest BCUT2D eigenvalue weighted by atomic mass is 9.98. The van der Waals surface area contributed by atoms with Gasteiger partial charge in [0.05, 0.1) is 12.8 Å². The summed E-state index contributed by atoms with van der Waals surface area (Å²) in [7, 11) is -1.30. The summed E-state index contributed by atoms with van der Waals surface area (Å²) in [5.41, 5.74) is 0. The topological polar surface area (TPSA) is 86.7 Å². The third kappa shape index (κ3) is 7.35. The predicted octanol–water partition coefficient (Wildman–Crippen LogP) is 1.66. The van der Waals surface area contributed by atoms with E-state index in [0.717, 1.165) is 36.8 Å². The Hall–Kier alpha value is -0.460. The van der Waals surface area contributed by atoms with E-state index in [2.05, 4.69) is 27.5 Å². The molecule has 1 fully saturated rings. The van der Waals surface area contributed by atoms with Gasteiger partial charge in [-0.3, -0.25) is 4.99 Å². The van der Waals surface area contributed by atoms with Crippen LogP contribution in [0.3, 0.4) is 0 Å². The van der Waals surface area contributed by atoms with Crippen LogP contribution < -0.4 is 10.6 Å². The molecule has 1 aliphatic rings. The zero-order chi connectivity index (χ0) is 17.6. The van der Waals surface area contributed by atoms with Crippen LogP contribution >= 0.6 is 35.3 Å². The zero-order valence-electron chi connectivity index (χ0n) is 15.0. The molecular formula is C15H28IN5O2S2. The highest BCUT2D eigenvalue weighted by molar-refractivity contribution is 14.0. The van der Waals surface area contributed by atoms with Crippen molar-refractivity contribution in [3.8, 4) is 0 Å². The molecule has 1 aromatic heterocycles. The summed E-state index contributed by atoms with van der Waals surface area (Å²) in [5.74, 6) is 1.22. The number of hydrogen-bond acceptors (Lipinski definition) is 5. The number of aromatic nitrogens is 1. The molecule has 7 nitrogen and oxygen atoms in total. The Bertz CT molecular complexity index is 655. The zero-order valence-corrected chi connectivity index (χ0v) is 19.0. The van der Waals surface area contributed by atoms with Crippen LogP contribution in [0.2, 0.25) is 0 Å². The lowest BCUT2D eigenvalue weighted by molar-refractivity contribution is 0.275. The maximum absolute atomic E-state index is 11.5. The molecule has 0 aromatic carbocycles. The molecule has 10 heteroatoms. The van der Waals surface area contributed by atoms with Gasteiger partial charge in [-0.1, -0.05) is 6.92 Å². The molecule has 25 heavy (non-hydrogen) atoms. The van der Waals surface area contributed by atoms with E-state index in [9.17, 15) is 8.42 Å². The maximum atomic E-state index is 11.5. The van der Waals surface area contributed by atoms with Crippen LogP contribution in [-0.4, -0.2) is 56.6 Å². The normalized spacial score (nSPS) is 17.2. The summed E-state index contributed by atoms with van der Waals surface area (Å²) >= 11 is 1.72. The van der Waals surface area contributed by atoms with Gasteiger partial charge in [-0.05, 0) is 25.2 Å². The van der Waals surface area contributed by atoms with Crippen molar-refractivity contribution in [2.45, 2.75) is 32.7 Å². The molecule has 1 saturated heterocycles. The van der Waals surface area contributed by atoms with E-state index in [1.165, 1.54) is 11.1 Å². The van der Waals surface area contributed by atoms with E-state index in [0.29, 0.717) is 25.6 Å². The Morgan fingerprint density at radius 2 is 2.08 bits per heavy atom. The molecule has 0 amide bonds. The van der Waals surface area contributed by atoms with Crippen LogP contribution in [-0.2, 0) is 23.0 Å². The average Bonchev–Trinajstić information content (AvgIpc) is 3.02. The van der Waals surface area contributed by atoms with Gasteiger partial charge >= 0.3 is 0 Å². The Morgan fingerprint density at radius 3 is 2.60 bits per heavy atom. The fourth-order valence-electron chi connectivity index (χ4n) is 2.66. The van der Waals surface area contributed by atoms with Crippen molar-refractivity contribution in [3.63, 3.8) is 0 Å². The average molecular weight is 501 g/mol. The number of thiazole rings is 1. The largest absolute Gasteiger partial charge is 0.356 e. The second kappa shape index (κ2) is 10.6. The van der Waals surface area contributed by atoms with E-state index < -0.39 is 10.0 Å². The highest BCUT2D eigenvalue weighted by Crippen LogP contribution is 2.18. The monoisotopic (exact) mass is 501 g/mol. The molecule has 144 valence electrons. The molecule has 2 N–H and O–H groups in total. The number of guanidine groups is 1. The van der Waals surface area contributed by atoms with E-state index in [4.69, 9.17) is 0 Å². The van der Waals surface area contributed by atoms with E-state index in [-0.39, 0.29) is 24.0 Å². The molecule has 2 rings (SSSR count). The minimum absolute atomic E-state index is 0. The molecule has 0 saturated carbocycles. The second-order valence-corrected chi connectivity index (χ2v) is 9.17. The fraction of sp³-hybridized carbons (Fsp3) is 0.733. The first kappa shape index (κ1) is 22.6. The van der Waals surface area contributed by atoms with Gasteiger partial charge in [-0.25, -0.2) is 17.7 Å². The van der Waals surface area contributed by atoms with Crippen LogP contribution in [0, 0.1) is 5.92 Å². The number of rotatable bonds is 6. The van der Waals surface area contributed by atoms with Gasteiger partial charge in [0.1, 0.15) is 5.01 Å². The smallest absolute Gasteiger partial charge is 0.211 e. The first-order valence-corrected chi connectivity index (χ1v) is 10.9. The van der Waals surface area contributed by atoms with Gasteiger partial charge in [-0.2, -0.15) is 0 Å². The molecule has 1 aliphatic heterocycles. The Morgan fingerprint density at radius 1 is 1.40 bits per heavy atom. The van der Waals surface area contributed by atoms with Crippen LogP contribution in [0.15, 0.2) is 11.2 Å². The maximum Gasteiger partial charge on any atom is 0.211 e. The SMILES string of the molecule is CCc1cnc(CNC(=NC)NCC2CCN(S(C)(=O)=O)CC2)s1.I. The Labute approximate surface area is 171 Å². The lowest BCUT2D eigenvalue weighted by Gasteiger charge is -2.30. The first-order valence-electron chi connectivity index (χ1n) is 8.25. The molecule has 0 bridgehead atoms. The van der Waals surface area contributed by atoms with E-state index >= 15 is 0 Å². The molecule has 0 radical (unpaired) electrons. The fourth-order valence-corrected chi connectivity index (χ4v) is 4.34. The second-order valence-electron chi connectivity index (χ2n) is 5.99. The summed E-state index contributed by atoms with van der Waals surface area (Å²) in [4.78, 5) is 9.90. The van der Waals surface area contributed by atoms with Gasteiger partial charge < -0.3 is 10.6 Å². The third-order valence-corrected chi connectivity index (χ3v) is 6.63. The molecule has 0 spiro atoms. The van der Waals surface area contributed by atoms with Gasteiger partial charge in [-0.15, -0.1) is 35.3 Å². The van der Waals surface area contributed by atoms with E-state index in [1.807, 2.05) is 6.20 Å². The number of aryl methyl sites for hydroxylation is 1. The highest BCUT2D eigenvalue weighted by Gasteiger charge is 2.24. The van der Waals surface area contributed by atoms with Crippen molar-refractivity contribution in [2.75, 3.05) is 32.9 Å². The van der Waals surface area contributed by atoms with Crippen molar-refractivity contribution >= 4 is 51.3 Å². The number of nitrogens with zero attached hydrogens (tertiary/aromatic N) is 3. The predicted molar refractivity (Wildman–Crippen MR) is 114 cm³/mol. The minimum Gasteiger partial charge on any atom is -0.356 e. The van der Waals surface area contributed by atoms with Crippen LogP contribution in [0.5, 0.6) is 0 Å².